The molecule has 0 saturated heterocycles. The van der Waals surface area contributed by atoms with Crippen LogP contribution >= 0.6 is 0 Å². The molecule has 1 aliphatic heterocycles. The second-order valence-electron chi connectivity index (χ2n) is 9.63. The van der Waals surface area contributed by atoms with Gasteiger partial charge in [0.05, 0.1) is 5.41 Å². The van der Waals surface area contributed by atoms with Crippen LogP contribution < -0.4 is 11.0 Å². The molecule has 2 aromatic heterocycles. The molecule has 3 aromatic rings. The number of hydrogen-bond donors (Lipinski definition) is 2. The molecule has 0 spiro atoms. The van der Waals surface area contributed by atoms with E-state index in [0.717, 1.165) is 42.5 Å². The summed E-state index contributed by atoms with van der Waals surface area (Å²) in [7, 11) is 0. The lowest BCUT2D eigenvalue weighted by Crippen LogP contribution is -2.36. The first kappa shape index (κ1) is 22.4. The zero-order chi connectivity index (χ0) is 23.7. The van der Waals surface area contributed by atoms with Crippen LogP contribution in [0, 0.1) is 11.8 Å². The first-order chi connectivity index (χ1) is 16.6. The van der Waals surface area contributed by atoms with Gasteiger partial charge in [-0.2, -0.15) is 0 Å². The maximum absolute atomic E-state index is 13.8. The van der Waals surface area contributed by atoms with Crippen molar-refractivity contribution < 1.29 is 0 Å². The molecule has 2 N–H and O–H groups in total. The van der Waals surface area contributed by atoms with Crippen molar-refractivity contribution in [2.24, 2.45) is 11.8 Å². The van der Waals surface area contributed by atoms with Gasteiger partial charge in [0.25, 0.3) is 0 Å². The smallest absolute Gasteiger partial charge is 0.328 e. The van der Waals surface area contributed by atoms with Crippen LogP contribution in [0.3, 0.4) is 0 Å². The Bertz CT molecular complexity index is 1240. The lowest BCUT2D eigenvalue weighted by atomic mass is 9.78. The maximum atomic E-state index is 13.8. The number of allylic oxidation sites excluding steroid dienone is 2. The van der Waals surface area contributed by atoms with Gasteiger partial charge in [-0.1, -0.05) is 64.0 Å². The van der Waals surface area contributed by atoms with E-state index < -0.39 is 5.41 Å². The first-order valence-electron chi connectivity index (χ1n) is 12.3. The van der Waals surface area contributed by atoms with Crippen LogP contribution in [0.15, 0.2) is 59.8 Å². The number of dihydropyridines is 1. The topological polar surface area (TPSA) is 93.4 Å². The van der Waals surface area contributed by atoms with Crippen LogP contribution in [0.25, 0.3) is 11.4 Å². The zero-order valence-corrected chi connectivity index (χ0v) is 20.1. The van der Waals surface area contributed by atoms with E-state index in [4.69, 9.17) is 0 Å². The molecule has 0 radical (unpaired) electrons. The molecule has 0 bridgehead atoms. The maximum Gasteiger partial charge on any atom is 0.328 e. The standard InChI is InChI=1S/C26H33N7O/c1-4-6-10-21-16-32(23-18(3)22(23)5-2)25(34)33(21)17-26(11-13-27-14-12-26)20-9-7-8-19(15-20)24-28-30-31-29-24/h7-9,11-16,18,22-23,27H,4-6,10,17H2,1-3H3,(H,28,29,30,31). The van der Waals surface area contributed by atoms with E-state index in [2.05, 4.69) is 77.2 Å². The van der Waals surface area contributed by atoms with Gasteiger partial charge in [0.2, 0.25) is 0 Å². The molecule has 8 heteroatoms. The van der Waals surface area contributed by atoms with Gasteiger partial charge in [-0.05, 0) is 59.1 Å². The molecule has 1 saturated carbocycles. The molecule has 3 atom stereocenters. The van der Waals surface area contributed by atoms with Crippen molar-refractivity contribution in [2.75, 3.05) is 0 Å². The predicted molar refractivity (Wildman–Crippen MR) is 132 cm³/mol. The highest BCUT2D eigenvalue weighted by Crippen LogP contribution is 2.51. The van der Waals surface area contributed by atoms with Crippen molar-refractivity contribution in [3.05, 3.63) is 76.8 Å². The van der Waals surface area contributed by atoms with Gasteiger partial charge < -0.3 is 5.32 Å². The molecule has 1 aliphatic carbocycles. The van der Waals surface area contributed by atoms with E-state index in [1.54, 1.807) is 0 Å². The molecule has 1 fully saturated rings. The van der Waals surface area contributed by atoms with Crippen molar-refractivity contribution in [3.8, 4) is 11.4 Å². The Kier molecular flexibility index (Phi) is 5.98. The number of imidazole rings is 1. The first-order valence-corrected chi connectivity index (χ1v) is 12.3. The van der Waals surface area contributed by atoms with Gasteiger partial charge in [-0.3, -0.25) is 9.13 Å². The number of rotatable bonds is 9. The fourth-order valence-electron chi connectivity index (χ4n) is 5.48. The number of aromatic amines is 1. The molecule has 5 rings (SSSR count). The fraction of sp³-hybridized carbons (Fsp3) is 0.462. The Morgan fingerprint density at radius 3 is 2.68 bits per heavy atom. The molecular formula is C26H33N7O. The van der Waals surface area contributed by atoms with E-state index in [1.807, 2.05) is 33.7 Å². The normalized spacial score (nSPS) is 22.6. The number of hydrogen-bond acceptors (Lipinski definition) is 5. The number of unbranched alkanes of at least 4 members (excludes halogenated alkanes) is 1. The molecule has 0 amide bonds. The number of benzene rings is 1. The third kappa shape index (κ3) is 3.91. The summed E-state index contributed by atoms with van der Waals surface area (Å²) in [4.78, 5) is 13.8. The minimum absolute atomic E-state index is 0.106. The minimum atomic E-state index is -0.467. The molecule has 3 heterocycles. The van der Waals surface area contributed by atoms with Crippen molar-refractivity contribution >= 4 is 0 Å². The van der Waals surface area contributed by atoms with Gasteiger partial charge in [0, 0.05) is 30.0 Å². The number of aryl methyl sites for hydroxylation is 1. The van der Waals surface area contributed by atoms with Crippen molar-refractivity contribution in [2.45, 2.75) is 64.5 Å². The summed E-state index contributed by atoms with van der Waals surface area (Å²) in [6, 6.07) is 8.53. The molecule has 178 valence electrons. The van der Waals surface area contributed by atoms with Crippen LogP contribution in [0.2, 0.25) is 0 Å². The monoisotopic (exact) mass is 459 g/mol. The Balaban J connectivity index is 1.57. The average Bonchev–Trinajstić information content (AvgIpc) is 3.19. The summed E-state index contributed by atoms with van der Waals surface area (Å²) in [6.45, 7) is 7.22. The lowest BCUT2D eigenvalue weighted by molar-refractivity contribution is 0.486. The van der Waals surface area contributed by atoms with Gasteiger partial charge in [0.15, 0.2) is 5.82 Å². The van der Waals surface area contributed by atoms with E-state index in [1.165, 1.54) is 0 Å². The quantitative estimate of drug-likeness (QED) is 0.505. The number of aromatic nitrogens is 6. The van der Waals surface area contributed by atoms with Crippen molar-refractivity contribution in [1.82, 2.24) is 35.1 Å². The Hall–Kier alpha value is -3.42. The predicted octanol–water partition coefficient (Wildman–Crippen LogP) is 3.96. The van der Waals surface area contributed by atoms with Crippen LogP contribution in [0.5, 0.6) is 0 Å². The second-order valence-corrected chi connectivity index (χ2v) is 9.63. The minimum Gasteiger partial charge on any atom is -0.368 e. The Morgan fingerprint density at radius 1 is 1.18 bits per heavy atom. The SMILES string of the molecule is CCCCc1cn(C2C(C)C2CC)c(=O)n1CC1(c2cccc(-c3nnn[nH]3)c2)C=CNC=C1. The van der Waals surface area contributed by atoms with Gasteiger partial charge >= 0.3 is 5.69 Å². The van der Waals surface area contributed by atoms with Gasteiger partial charge in [-0.15, -0.1) is 5.10 Å². The highest BCUT2D eigenvalue weighted by Gasteiger charge is 2.47. The second kappa shape index (κ2) is 9.08. The largest absolute Gasteiger partial charge is 0.368 e. The summed E-state index contributed by atoms with van der Waals surface area (Å²) in [5.74, 6) is 1.77. The number of H-pyrrole nitrogens is 1. The highest BCUT2D eigenvalue weighted by molar-refractivity contribution is 5.57. The number of nitrogens with one attached hydrogen (secondary N) is 2. The molecule has 3 unspecified atom stereocenters. The molecule has 34 heavy (non-hydrogen) atoms. The highest BCUT2D eigenvalue weighted by atomic mass is 16.1. The Morgan fingerprint density at radius 2 is 2.00 bits per heavy atom. The third-order valence-electron chi connectivity index (χ3n) is 7.57. The summed E-state index contributed by atoms with van der Waals surface area (Å²) >= 11 is 0. The van der Waals surface area contributed by atoms with Crippen LogP contribution in [-0.4, -0.2) is 29.8 Å². The van der Waals surface area contributed by atoms with Crippen LogP contribution in [-0.2, 0) is 18.4 Å². The summed E-state index contributed by atoms with van der Waals surface area (Å²) in [5, 5.41) is 17.5. The number of tetrazole rings is 1. The van der Waals surface area contributed by atoms with E-state index in [9.17, 15) is 4.79 Å². The fourth-order valence-corrected chi connectivity index (χ4v) is 5.48. The molecular weight excluding hydrogens is 426 g/mol. The molecule has 8 nitrogen and oxygen atoms in total. The lowest BCUT2D eigenvalue weighted by Gasteiger charge is -2.31. The number of nitrogens with zero attached hydrogens (tertiary/aromatic N) is 5. The average molecular weight is 460 g/mol. The van der Waals surface area contributed by atoms with E-state index in [-0.39, 0.29) is 5.69 Å². The van der Waals surface area contributed by atoms with Gasteiger partial charge in [-0.25, -0.2) is 9.89 Å². The van der Waals surface area contributed by atoms with E-state index >= 15 is 0 Å². The summed E-state index contributed by atoms with van der Waals surface area (Å²) in [6.07, 6.45) is 14.5. The van der Waals surface area contributed by atoms with Crippen LogP contribution in [0.1, 0.15) is 57.3 Å². The summed E-state index contributed by atoms with van der Waals surface area (Å²) in [5.41, 5.74) is 2.76. The molecule has 2 aliphatic rings. The summed E-state index contributed by atoms with van der Waals surface area (Å²) < 4.78 is 4.03. The van der Waals surface area contributed by atoms with E-state index in [0.29, 0.717) is 30.2 Å². The Labute approximate surface area is 199 Å². The molecule has 1 aromatic carbocycles. The third-order valence-corrected chi connectivity index (χ3v) is 7.57. The van der Waals surface area contributed by atoms with Crippen molar-refractivity contribution in [1.29, 1.82) is 0 Å². The van der Waals surface area contributed by atoms with Crippen LogP contribution in [0.4, 0.5) is 0 Å². The van der Waals surface area contributed by atoms with Gasteiger partial charge in [0.1, 0.15) is 0 Å². The van der Waals surface area contributed by atoms with Crippen molar-refractivity contribution in [3.63, 3.8) is 0 Å². The zero-order valence-electron chi connectivity index (χ0n) is 20.1.